The van der Waals surface area contributed by atoms with E-state index in [-0.39, 0.29) is 5.60 Å². The lowest BCUT2D eigenvalue weighted by Crippen LogP contribution is -2.45. The number of aliphatic imine (C=N–C) groups is 1. The third-order valence-electron chi connectivity index (χ3n) is 4.26. The van der Waals surface area contributed by atoms with E-state index < -0.39 is 0 Å². The van der Waals surface area contributed by atoms with Crippen LogP contribution < -0.4 is 10.6 Å². The second-order valence-electron chi connectivity index (χ2n) is 6.27. The molecule has 0 spiro atoms. The van der Waals surface area contributed by atoms with Gasteiger partial charge in [-0.1, -0.05) is 18.2 Å². The van der Waals surface area contributed by atoms with Crippen LogP contribution in [0.2, 0.25) is 0 Å². The average molecular weight is 327 g/mol. The molecule has 1 atom stereocenters. The molecule has 6 heteroatoms. The number of hydrogen-bond donors (Lipinski definition) is 2. The molecule has 2 heterocycles. The molecule has 0 radical (unpaired) electrons. The Hall–Kier alpha value is -2.34. The van der Waals surface area contributed by atoms with Gasteiger partial charge in [0.15, 0.2) is 5.96 Å². The van der Waals surface area contributed by atoms with E-state index in [1.807, 2.05) is 47.3 Å². The largest absolute Gasteiger partial charge is 0.373 e. The van der Waals surface area contributed by atoms with Crippen LogP contribution >= 0.6 is 0 Å². The molecule has 2 aromatic rings. The number of nitrogens with zero attached hydrogens (tertiary/aromatic N) is 3. The van der Waals surface area contributed by atoms with E-state index in [2.05, 4.69) is 27.6 Å². The van der Waals surface area contributed by atoms with Crippen LogP contribution in [0.15, 0.2) is 47.6 Å². The number of rotatable bonds is 5. The second kappa shape index (κ2) is 7.49. The molecule has 3 rings (SSSR count). The number of aromatic nitrogens is 2. The summed E-state index contributed by atoms with van der Waals surface area (Å²) in [6.45, 7) is 4.37. The van der Waals surface area contributed by atoms with Crippen LogP contribution in [-0.4, -0.2) is 41.5 Å². The predicted octanol–water partition coefficient (Wildman–Crippen LogP) is 2.11. The first-order valence-corrected chi connectivity index (χ1v) is 8.37. The van der Waals surface area contributed by atoms with Gasteiger partial charge in [-0.15, -0.1) is 0 Å². The van der Waals surface area contributed by atoms with Gasteiger partial charge in [0.25, 0.3) is 0 Å². The van der Waals surface area contributed by atoms with Crippen LogP contribution in [0.4, 0.5) is 0 Å². The van der Waals surface area contributed by atoms with Crippen LogP contribution in [0, 0.1) is 0 Å². The third kappa shape index (κ3) is 4.14. The van der Waals surface area contributed by atoms with Crippen molar-refractivity contribution in [1.82, 2.24) is 20.4 Å². The minimum Gasteiger partial charge on any atom is -0.373 e. The fraction of sp³-hybridized carbons (Fsp3) is 0.444. The molecule has 1 saturated heterocycles. The minimum absolute atomic E-state index is 0.0908. The molecule has 24 heavy (non-hydrogen) atoms. The van der Waals surface area contributed by atoms with Crippen molar-refractivity contribution in [2.24, 2.45) is 4.99 Å². The quantitative estimate of drug-likeness (QED) is 0.652. The molecule has 6 nitrogen and oxygen atoms in total. The summed E-state index contributed by atoms with van der Waals surface area (Å²) in [6, 6.07) is 12.1. The number of para-hydroxylation sites is 1. The second-order valence-corrected chi connectivity index (χ2v) is 6.27. The summed E-state index contributed by atoms with van der Waals surface area (Å²) in [5.41, 5.74) is 1.93. The molecule has 1 aromatic heterocycles. The molecule has 128 valence electrons. The Kier molecular flexibility index (Phi) is 5.15. The van der Waals surface area contributed by atoms with E-state index in [0.29, 0.717) is 6.54 Å². The van der Waals surface area contributed by atoms with Gasteiger partial charge in [0, 0.05) is 26.4 Å². The molecule has 0 bridgehead atoms. The Morgan fingerprint density at radius 1 is 1.29 bits per heavy atom. The first-order chi connectivity index (χ1) is 11.7. The summed E-state index contributed by atoms with van der Waals surface area (Å²) in [4.78, 5) is 4.26. The highest BCUT2D eigenvalue weighted by Gasteiger charge is 2.29. The zero-order chi connectivity index (χ0) is 16.8. The highest BCUT2D eigenvalue weighted by atomic mass is 16.5. The number of ether oxygens (including phenoxy) is 1. The minimum atomic E-state index is -0.0908. The Bertz CT molecular complexity index is 674. The molecule has 0 aliphatic carbocycles. The number of guanidine groups is 1. The monoisotopic (exact) mass is 327 g/mol. The summed E-state index contributed by atoms with van der Waals surface area (Å²) >= 11 is 0. The molecule has 1 fully saturated rings. The summed E-state index contributed by atoms with van der Waals surface area (Å²) in [6.07, 6.45) is 4.18. The topological polar surface area (TPSA) is 63.5 Å². The highest BCUT2D eigenvalue weighted by molar-refractivity contribution is 5.79. The molecule has 0 amide bonds. The first-order valence-electron chi connectivity index (χ1n) is 8.37. The molecule has 0 saturated carbocycles. The summed E-state index contributed by atoms with van der Waals surface area (Å²) in [5.74, 6) is 0.765. The molecular formula is C18H25N5O. The van der Waals surface area contributed by atoms with Gasteiger partial charge in [0.2, 0.25) is 0 Å². The van der Waals surface area contributed by atoms with Crippen LogP contribution in [0.3, 0.4) is 0 Å². The van der Waals surface area contributed by atoms with E-state index in [4.69, 9.17) is 4.74 Å². The molecular weight excluding hydrogens is 302 g/mol. The van der Waals surface area contributed by atoms with Gasteiger partial charge < -0.3 is 15.4 Å². The maximum atomic E-state index is 5.79. The Morgan fingerprint density at radius 2 is 2.12 bits per heavy atom. The zero-order valence-electron chi connectivity index (χ0n) is 14.3. The SMILES string of the molecule is CN=C(NCc1ccn(-c2ccccc2)n1)NCC1(C)CCCO1. The van der Waals surface area contributed by atoms with Crippen LogP contribution in [0.25, 0.3) is 5.69 Å². The van der Waals surface area contributed by atoms with Gasteiger partial charge in [-0.05, 0) is 38.0 Å². The van der Waals surface area contributed by atoms with Crippen molar-refractivity contribution in [2.45, 2.75) is 31.9 Å². The van der Waals surface area contributed by atoms with Gasteiger partial charge >= 0.3 is 0 Å². The average Bonchev–Trinajstić information content (AvgIpc) is 3.26. The predicted molar refractivity (Wildman–Crippen MR) is 95.4 cm³/mol. The fourth-order valence-corrected chi connectivity index (χ4v) is 2.82. The zero-order valence-corrected chi connectivity index (χ0v) is 14.3. The normalized spacial score (nSPS) is 21.0. The van der Waals surface area contributed by atoms with Crippen molar-refractivity contribution in [1.29, 1.82) is 0 Å². The van der Waals surface area contributed by atoms with Crippen molar-refractivity contribution in [3.05, 3.63) is 48.3 Å². The summed E-state index contributed by atoms with van der Waals surface area (Å²) < 4.78 is 7.67. The lowest BCUT2D eigenvalue weighted by Gasteiger charge is -2.24. The standard InChI is InChI=1S/C18H25N5O/c1-18(10-6-12-24-18)14-21-17(19-2)20-13-15-9-11-23(22-15)16-7-4-3-5-8-16/h3-5,7-9,11H,6,10,12-14H2,1-2H3,(H2,19,20,21). The fourth-order valence-electron chi connectivity index (χ4n) is 2.82. The Balaban J connectivity index is 1.52. The molecule has 1 aliphatic rings. The smallest absolute Gasteiger partial charge is 0.191 e. The van der Waals surface area contributed by atoms with Crippen LogP contribution in [-0.2, 0) is 11.3 Å². The van der Waals surface area contributed by atoms with Gasteiger partial charge in [-0.25, -0.2) is 4.68 Å². The van der Waals surface area contributed by atoms with Crippen molar-refractivity contribution < 1.29 is 4.74 Å². The number of benzene rings is 1. The summed E-state index contributed by atoms with van der Waals surface area (Å²) in [7, 11) is 1.77. The van der Waals surface area contributed by atoms with Gasteiger partial charge in [0.05, 0.1) is 23.5 Å². The Morgan fingerprint density at radius 3 is 2.83 bits per heavy atom. The highest BCUT2D eigenvalue weighted by Crippen LogP contribution is 2.23. The van der Waals surface area contributed by atoms with E-state index in [9.17, 15) is 0 Å². The maximum Gasteiger partial charge on any atom is 0.191 e. The van der Waals surface area contributed by atoms with Crippen molar-refractivity contribution >= 4 is 5.96 Å². The Labute approximate surface area is 142 Å². The molecule has 1 unspecified atom stereocenters. The van der Waals surface area contributed by atoms with E-state index in [0.717, 1.165) is 43.3 Å². The lowest BCUT2D eigenvalue weighted by atomic mass is 10.0. The third-order valence-corrected chi connectivity index (χ3v) is 4.26. The van der Waals surface area contributed by atoms with Crippen molar-refractivity contribution in [2.75, 3.05) is 20.2 Å². The lowest BCUT2D eigenvalue weighted by molar-refractivity contribution is 0.0243. The van der Waals surface area contributed by atoms with E-state index in [1.54, 1.807) is 7.05 Å². The van der Waals surface area contributed by atoms with Crippen molar-refractivity contribution in [3.8, 4) is 5.69 Å². The van der Waals surface area contributed by atoms with E-state index >= 15 is 0 Å². The summed E-state index contributed by atoms with van der Waals surface area (Å²) in [5, 5.41) is 11.2. The van der Waals surface area contributed by atoms with Crippen LogP contribution in [0.1, 0.15) is 25.5 Å². The van der Waals surface area contributed by atoms with Crippen molar-refractivity contribution in [3.63, 3.8) is 0 Å². The molecule has 1 aromatic carbocycles. The van der Waals surface area contributed by atoms with Gasteiger partial charge in [-0.3, -0.25) is 4.99 Å². The maximum absolute atomic E-state index is 5.79. The van der Waals surface area contributed by atoms with Gasteiger partial charge in [-0.2, -0.15) is 5.10 Å². The number of hydrogen-bond acceptors (Lipinski definition) is 3. The van der Waals surface area contributed by atoms with E-state index in [1.165, 1.54) is 0 Å². The number of nitrogens with one attached hydrogen (secondary N) is 2. The molecule has 2 N–H and O–H groups in total. The van der Waals surface area contributed by atoms with Crippen LogP contribution in [0.5, 0.6) is 0 Å². The van der Waals surface area contributed by atoms with Gasteiger partial charge in [0.1, 0.15) is 0 Å². The first kappa shape index (κ1) is 16.5. The molecule has 1 aliphatic heterocycles.